The quantitative estimate of drug-likeness (QED) is 0.782. The normalized spacial score (nSPS) is 15.0. The predicted molar refractivity (Wildman–Crippen MR) is 80.4 cm³/mol. The molecule has 1 aromatic rings. The Balaban J connectivity index is 2.08. The molecule has 0 unspecified atom stereocenters. The van der Waals surface area contributed by atoms with Crippen LogP contribution in [0.15, 0.2) is 12.1 Å². The molecule has 1 fully saturated rings. The van der Waals surface area contributed by atoms with Crippen molar-refractivity contribution < 1.29 is 14.3 Å². The average Bonchev–Trinajstić information content (AvgIpc) is 2.47. The lowest BCUT2D eigenvalue weighted by Crippen LogP contribution is -2.48. The molecule has 1 aromatic carbocycles. The lowest BCUT2D eigenvalue weighted by molar-refractivity contribution is -0.134. The number of carbonyl (C=O) groups is 2. The first-order valence-corrected chi connectivity index (χ1v) is 7.16. The maximum absolute atomic E-state index is 12.4. The Kier molecular flexibility index (Phi) is 4.83. The second-order valence-electron chi connectivity index (χ2n) is 5.47. The summed E-state index contributed by atoms with van der Waals surface area (Å²) in [6.07, 6.45) is 1.18. The molecule has 1 aliphatic rings. The third-order valence-corrected chi connectivity index (χ3v) is 3.86. The molecule has 0 bridgehead atoms. The van der Waals surface area contributed by atoms with Gasteiger partial charge in [-0.25, -0.2) is 0 Å². The molecule has 1 aliphatic heterocycles. The van der Waals surface area contributed by atoms with Crippen LogP contribution in [0.5, 0.6) is 5.75 Å². The number of nitrogens with zero attached hydrogens (tertiary/aromatic N) is 2. The summed E-state index contributed by atoms with van der Waals surface area (Å²) in [5.41, 5.74) is 3.10. The highest BCUT2D eigenvalue weighted by molar-refractivity contribution is 5.80. The minimum atomic E-state index is 0.0869. The van der Waals surface area contributed by atoms with Crippen molar-refractivity contribution in [1.29, 1.82) is 0 Å². The number of amides is 2. The Hall–Kier alpha value is -2.04. The van der Waals surface area contributed by atoms with Gasteiger partial charge < -0.3 is 14.5 Å². The highest BCUT2D eigenvalue weighted by Gasteiger charge is 2.21. The van der Waals surface area contributed by atoms with E-state index in [-0.39, 0.29) is 5.91 Å². The first-order valence-electron chi connectivity index (χ1n) is 7.16. The number of aryl methyl sites for hydroxylation is 2. The number of piperazine rings is 1. The molecular weight excluding hydrogens is 268 g/mol. The van der Waals surface area contributed by atoms with Crippen LogP contribution in [0.3, 0.4) is 0 Å². The molecule has 2 amide bonds. The fraction of sp³-hybridized carbons (Fsp3) is 0.500. The predicted octanol–water partition coefficient (Wildman–Crippen LogP) is 1.16. The molecule has 1 saturated heterocycles. The van der Waals surface area contributed by atoms with Crippen molar-refractivity contribution in [2.45, 2.75) is 20.3 Å². The van der Waals surface area contributed by atoms with Gasteiger partial charge in [-0.05, 0) is 19.4 Å². The van der Waals surface area contributed by atoms with E-state index in [1.165, 1.54) is 0 Å². The topological polar surface area (TPSA) is 49.9 Å². The smallest absolute Gasteiger partial charge is 0.227 e. The maximum Gasteiger partial charge on any atom is 0.227 e. The summed E-state index contributed by atoms with van der Waals surface area (Å²) in [6.45, 7) is 6.43. The van der Waals surface area contributed by atoms with E-state index in [1.54, 1.807) is 12.0 Å². The van der Waals surface area contributed by atoms with Crippen LogP contribution in [-0.2, 0) is 16.0 Å². The standard InChI is InChI=1S/C16H22N2O3/c1-12-8-13(2)16(21-3)14(9-12)10-15(20)18-6-4-17(11-19)5-7-18/h8-9,11H,4-7,10H2,1-3H3. The van der Waals surface area contributed by atoms with Crippen LogP contribution in [0, 0.1) is 13.8 Å². The molecule has 2 rings (SSSR count). The van der Waals surface area contributed by atoms with E-state index in [0.29, 0.717) is 32.6 Å². The highest BCUT2D eigenvalue weighted by Crippen LogP contribution is 2.26. The Morgan fingerprint density at radius 2 is 1.90 bits per heavy atom. The van der Waals surface area contributed by atoms with Crippen molar-refractivity contribution in [3.63, 3.8) is 0 Å². The first-order chi connectivity index (χ1) is 10.0. The first kappa shape index (κ1) is 15.4. The van der Waals surface area contributed by atoms with Gasteiger partial charge in [0.1, 0.15) is 5.75 Å². The number of carbonyl (C=O) groups excluding carboxylic acids is 2. The fourth-order valence-corrected chi connectivity index (χ4v) is 2.82. The Bertz CT molecular complexity index is 535. The minimum Gasteiger partial charge on any atom is -0.496 e. The summed E-state index contributed by atoms with van der Waals surface area (Å²) in [4.78, 5) is 26.6. The summed E-state index contributed by atoms with van der Waals surface area (Å²) in [5, 5.41) is 0. The van der Waals surface area contributed by atoms with Gasteiger partial charge in [0.25, 0.3) is 0 Å². The largest absolute Gasteiger partial charge is 0.496 e. The number of ether oxygens (including phenoxy) is 1. The molecule has 1 heterocycles. The third kappa shape index (κ3) is 3.54. The SMILES string of the molecule is COc1c(C)cc(C)cc1CC(=O)N1CCN(C=O)CC1. The van der Waals surface area contributed by atoms with Gasteiger partial charge in [0.15, 0.2) is 0 Å². The van der Waals surface area contributed by atoms with Crippen molar-refractivity contribution in [1.82, 2.24) is 9.80 Å². The molecular formula is C16H22N2O3. The van der Waals surface area contributed by atoms with Crippen LogP contribution in [0.4, 0.5) is 0 Å². The summed E-state index contributed by atoms with van der Waals surface area (Å²) in [5.74, 6) is 0.879. The minimum absolute atomic E-state index is 0.0869. The number of hydrogen-bond acceptors (Lipinski definition) is 3. The number of hydrogen-bond donors (Lipinski definition) is 0. The molecule has 0 spiro atoms. The number of benzene rings is 1. The third-order valence-electron chi connectivity index (χ3n) is 3.86. The molecule has 114 valence electrons. The van der Waals surface area contributed by atoms with E-state index in [0.717, 1.165) is 28.8 Å². The molecule has 0 atom stereocenters. The van der Waals surface area contributed by atoms with Crippen LogP contribution in [-0.4, -0.2) is 55.4 Å². The van der Waals surface area contributed by atoms with Crippen molar-refractivity contribution in [2.24, 2.45) is 0 Å². The number of rotatable bonds is 4. The van der Waals surface area contributed by atoms with Crippen LogP contribution in [0.25, 0.3) is 0 Å². The molecule has 21 heavy (non-hydrogen) atoms. The molecule has 0 aromatic heterocycles. The van der Waals surface area contributed by atoms with Crippen LogP contribution >= 0.6 is 0 Å². The van der Waals surface area contributed by atoms with Gasteiger partial charge in [-0.3, -0.25) is 9.59 Å². The van der Waals surface area contributed by atoms with Crippen molar-refractivity contribution in [3.05, 3.63) is 28.8 Å². The van der Waals surface area contributed by atoms with E-state index >= 15 is 0 Å². The van der Waals surface area contributed by atoms with Crippen molar-refractivity contribution >= 4 is 12.3 Å². The second kappa shape index (κ2) is 6.61. The van der Waals surface area contributed by atoms with Gasteiger partial charge in [0, 0.05) is 31.7 Å². The number of methoxy groups -OCH3 is 1. The van der Waals surface area contributed by atoms with Gasteiger partial charge in [-0.1, -0.05) is 17.7 Å². The Morgan fingerprint density at radius 1 is 1.24 bits per heavy atom. The molecule has 0 radical (unpaired) electrons. The Morgan fingerprint density at radius 3 is 2.48 bits per heavy atom. The molecule has 0 aliphatic carbocycles. The van der Waals surface area contributed by atoms with Crippen LogP contribution < -0.4 is 4.74 Å². The zero-order valence-electron chi connectivity index (χ0n) is 12.9. The molecule has 5 nitrogen and oxygen atoms in total. The average molecular weight is 290 g/mol. The summed E-state index contributed by atoms with van der Waals surface area (Å²) < 4.78 is 5.43. The van der Waals surface area contributed by atoms with Crippen molar-refractivity contribution in [3.8, 4) is 5.75 Å². The van der Waals surface area contributed by atoms with Gasteiger partial charge >= 0.3 is 0 Å². The zero-order chi connectivity index (χ0) is 15.4. The highest BCUT2D eigenvalue weighted by atomic mass is 16.5. The van der Waals surface area contributed by atoms with E-state index in [1.807, 2.05) is 24.8 Å². The lowest BCUT2D eigenvalue weighted by Gasteiger charge is -2.32. The zero-order valence-corrected chi connectivity index (χ0v) is 12.9. The second-order valence-corrected chi connectivity index (χ2v) is 5.47. The van der Waals surface area contributed by atoms with E-state index < -0.39 is 0 Å². The van der Waals surface area contributed by atoms with Crippen molar-refractivity contribution in [2.75, 3.05) is 33.3 Å². The van der Waals surface area contributed by atoms with E-state index in [9.17, 15) is 9.59 Å². The Labute approximate surface area is 125 Å². The van der Waals surface area contributed by atoms with Crippen LogP contribution in [0.1, 0.15) is 16.7 Å². The van der Waals surface area contributed by atoms with E-state index in [4.69, 9.17) is 4.74 Å². The van der Waals surface area contributed by atoms with Gasteiger partial charge in [-0.15, -0.1) is 0 Å². The summed E-state index contributed by atoms with van der Waals surface area (Å²) in [7, 11) is 1.63. The maximum atomic E-state index is 12.4. The summed E-state index contributed by atoms with van der Waals surface area (Å²) in [6, 6.07) is 4.06. The molecule has 0 N–H and O–H groups in total. The van der Waals surface area contributed by atoms with Gasteiger partial charge in [0.05, 0.1) is 13.5 Å². The van der Waals surface area contributed by atoms with Crippen LogP contribution in [0.2, 0.25) is 0 Å². The van der Waals surface area contributed by atoms with Gasteiger partial charge in [0.2, 0.25) is 12.3 Å². The summed E-state index contributed by atoms with van der Waals surface area (Å²) >= 11 is 0. The van der Waals surface area contributed by atoms with E-state index in [2.05, 4.69) is 6.07 Å². The fourth-order valence-electron chi connectivity index (χ4n) is 2.82. The van der Waals surface area contributed by atoms with Gasteiger partial charge in [-0.2, -0.15) is 0 Å². The molecule has 5 heteroatoms. The monoisotopic (exact) mass is 290 g/mol. The molecule has 0 saturated carbocycles. The lowest BCUT2D eigenvalue weighted by atomic mass is 10.0.